The zero-order valence-electron chi connectivity index (χ0n) is 11.2. The molecule has 0 aromatic carbocycles. The molecule has 0 spiro atoms. The van der Waals surface area contributed by atoms with Gasteiger partial charge in [0.1, 0.15) is 17.6 Å². The van der Waals surface area contributed by atoms with E-state index in [2.05, 4.69) is 28.7 Å². The highest BCUT2D eigenvalue weighted by Gasteiger charge is 2.23. The summed E-state index contributed by atoms with van der Waals surface area (Å²) in [5.74, 6) is 2.94. The number of anilines is 1. The monoisotopic (exact) mass is 269 g/mol. The van der Waals surface area contributed by atoms with E-state index in [1.165, 1.54) is 6.42 Å². The Balaban J connectivity index is 2.21. The molecule has 1 fully saturated rings. The normalized spacial score (nSPS) is 24.3. The largest absolute Gasteiger partial charge is 0.377 e. The van der Waals surface area contributed by atoms with Crippen LogP contribution in [0.3, 0.4) is 0 Å². The van der Waals surface area contributed by atoms with Crippen LogP contribution < -0.4 is 4.90 Å². The van der Waals surface area contributed by atoms with Gasteiger partial charge < -0.3 is 9.64 Å². The van der Waals surface area contributed by atoms with Gasteiger partial charge in [-0.3, -0.25) is 0 Å². The molecule has 1 aliphatic rings. The fraction of sp³-hybridized carbons (Fsp3) is 0.692. The molecule has 2 heterocycles. The predicted molar refractivity (Wildman–Crippen MR) is 72.9 cm³/mol. The van der Waals surface area contributed by atoms with Crippen molar-refractivity contribution in [2.24, 2.45) is 11.8 Å². The molecule has 2 atom stereocenters. The van der Waals surface area contributed by atoms with Gasteiger partial charge in [0.25, 0.3) is 0 Å². The van der Waals surface area contributed by atoms with Gasteiger partial charge in [-0.1, -0.05) is 25.4 Å². The second-order valence-electron chi connectivity index (χ2n) is 5.25. The summed E-state index contributed by atoms with van der Waals surface area (Å²) in [5.41, 5.74) is 0. The lowest BCUT2D eigenvalue weighted by atomic mass is 9.92. The highest BCUT2D eigenvalue weighted by molar-refractivity contribution is 6.29. The number of ether oxygens (including phenoxy) is 1. The molecule has 0 saturated carbocycles. The van der Waals surface area contributed by atoms with Crippen molar-refractivity contribution in [2.75, 3.05) is 25.1 Å². The number of hydrogen-bond acceptors (Lipinski definition) is 4. The predicted octanol–water partition coefficient (Wildman–Crippen LogP) is 2.76. The van der Waals surface area contributed by atoms with Crippen molar-refractivity contribution in [3.05, 3.63) is 17.0 Å². The summed E-state index contributed by atoms with van der Waals surface area (Å²) in [7, 11) is 1.63. The Bertz CT molecular complexity index is 403. The molecular formula is C13H20ClN3O. The van der Waals surface area contributed by atoms with Crippen molar-refractivity contribution in [1.82, 2.24) is 9.97 Å². The molecule has 1 aliphatic heterocycles. The number of nitrogens with zero attached hydrogens (tertiary/aromatic N) is 3. The lowest BCUT2D eigenvalue weighted by Crippen LogP contribution is -2.39. The first kappa shape index (κ1) is 13.6. The summed E-state index contributed by atoms with van der Waals surface area (Å²) in [5, 5.41) is 0.484. The van der Waals surface area contributed by atoms with E-state index in [4.69, 9.17) is 16.3 Å². The summed E-state index contributed by atoms with van der Waals surface area (Å²) in [4.78, 5) is 11.0. The lowest BCUT2D eigenvalue weighted by molar-refractivity contribution is 0.177. The van der Waals surface area contributed by atoms with Gasteiger partial charge in [-0.2, -0.15) is 0 Å². The highest BCUT2D eigenvalue weighted by atomic mass is 35.5. The molecule has 4 nitrogen and oxygen atoms in total. The summed E-state index contributed by atoms with van der Waals surface area (Å²) in [6.45, 7) is 7.02. The van der Waals surface area contributed by atoms with E-state index in [1.54, 1.807) is 7.11 Å². The lowest BCUT2D eigenvalue weighted by Gasteiger charge is -2.35. The zero-order chi connectivity index (χ0) is 13.1. The molecule has 0 N–H and O–H groups in total. The third kappa shape index (κ3) is 3.33. The molecule has 2 unspecified atom stereocenters. The van der Waals surface area contributed by atoms with Crippen molar-refractivity contribution < 1.29 is 4.74 Å². The summed E-state index contributed by atoms with van der Waals surface area (Å²) in [6.07, 6.45) is 1.28. The molecule has 0 aliphatic carbocycles. The minimum absolute atomic E-state index is 0.395. The molecule has 5 heteroatoms. The summed E-state index contributed by atoms with van der Waals surface area (Å²) < 4.78 is 5.07. The van der Waals surface area contributed by atoms with E-state index in [0.717, 1.165) is 18.9 Å². The molecule has 2 rings (SSSR count). The van der Waals surface area contributed by atoms with Crippen molar-refractivity contribution in [2.45, 2.75) is 26.9 Å². The Labute approximate surface area is 113 Å². The van der Waals surface area contributed by atoms with Crippen molar-refractivity contribution >= 4 is 17.4 Å². The minimum atomic E-state index is 0.395. The molecule has 0 bridgehead atoms. The summed E-state index contributed by atoms with van der Waals surface area (Å²) in [6, 6.07) is 1.84. The number of methoxy groups -OCH3 is 1. The number of hydrogen-bond donors (Lipinski definition) is 0. The van der Waals surface area contributed by atoms with Crippen molar-refractivity contribution in [3.8, 4) is 0 Å². The van der Waals surface area contributed by atoms with Gasteiger partial charge in [0.2, 0.25) is 0 Å². The zero-order valence-corrected chi connectivity index (χ0v) is 11.9. The van der Waals surface area contributed by atoms with Gasteiger partial charge in [-0.25, -0.2) is 9.97 Å². The van der Waals surface area contributed by atoms with Crippen molar-refractivity contribution in [1.29, 1.82) is 0 Å². The molecule has 1 aromatic heterocycles. The van der Waals surface area contributed by atoms with Crippen LogP contribution in [0.15, 0.2) is 6.07 Å². The Morgan fingerprint density at radius 1 is 1.33 bits per heavy atom. The second-order valence-corrected chi connectivity index (χ2v) is 5.64. The third-order valence-corrected chi connectivity index (χ3v) is 3.39. The maximum Gasteiger partial charge on any atom is 0.158 e. The van der Waals surface area contributed by atoms with Crippen LogP contribution in [0.25, 0.3) is 0 Å². The first-order valence-electron chi connectivity index (χ1n) is 6.35. The fourth-order valence-electron chi connectivity index (χ4n) is 2.66. The second kappa shape index (κ2) is 5.85. The van der Waals surface area contributed by atoms with E-state index in [1.807, 2.05) is 6.07 Å². The Hall–Kier alpha value is -0.870. The average Bonchev–Trinajstić information content (AvgIpc) is 2.27. The molecule has 0 radical (unpaired) electrons. The van der Waals surface area contributed by atoms with Crippen molar-refractivity contribution in [3.63, 3.8) is 0 Å². The van der Waals surface area contributed by atoms with Crippen LogP contribution in [0.2, 0.25) is 5.15 Å². The Kier molecular flexibility index (Phi) is 4.40. The van der Waals surface area contributed by atoms with Gasteiger partial charge in [0.05, 0.1) is 0 Å². The van der Waals surface area contributed by atoms with E-state index in [0.29, 0.717) is 29.4 Å². The van der Waals surface area contributed by atoms with E-state index in [9.17, 15) is 0 Å². The molecule has 0 amide bonds. The van der Waals surface area contributed by atoms with Gasteiger partial charge in [-0.05, 0) is 18.3 Å². The molecular weight excluding hydrogens is 250 g/mol. The topological polar surface area (TPSA) is 38.2 Å². The highest BCUT2D eigenvalue weighted by Crippen LogP contribution is 2.26. The van der Waals surface area contributed by atoms with E-state index < -0.39 is 0 Å². The maximum atomic E-state index is 6.04. The van der Waals surface area contributed by atoms with Gasteiger partial charge >= 0.3 is 0 Å². The van der Waals surface area contributed by atoms with Crippen LogP contribution in [0.5, 0.6) is 0 Å². The number of piperidine rings is 1. The summed E-state index contributed by atoms with van der Waals surface area (Å²) >= 11 is 6.04. The minimum Gasteiger partial charge on any atom is -0.377 e. The number of halogens is 1. The number of rotatable bonds is 3. The molecule has 100 valence electrons. The van der Waals surface area contributed by atoms with Crippen LogP contribution in [0, 0.1) is 11.8 Å². The molecule has 18 heavy (non-hydrogen) atoms. The molecule has 1 saturated heterocycles. The fourth-order valence-corrected chi connectivity index (χ4v) is 2.85. The van der Waals surface area contributed by atoms with E-state index >= 15 is 0 Å². The molecule has 1 aromatic rings. The van der Waals surface area contributed by atoms with Crippen LogP contribution in [0.4, 0.5) is 5.82 Å². The Morgan fingerprint density at radius 3 is 2.61 bits per heavy atom. The van der Waals surface area contributed by atoms with Gasteiger partial charge in [-0.15, -0.1) is 0 Å². The standard InChI is InChI=1S/C13H20ClN3O/c1-9-4-10(2)7-17(6-9)13-5-11(14)15-12(16-13)8-18-3/h5,9-10H,4,6-8H2,1-3H3. The average molecular weight is 270 g/mol. The quantitative estimate of drug-likeness (QED) is 0.791. The first-order valence-corrected chi connectivity index (χ1v) is 6.73. The van der Waals surface area contributed by atoms with Crippen LogP contribution in [-0.2, 0) is 11.3 Å². The van der Waals surface area contributed by atoms with Crippen LogP contribution in [-0.4, -0.2) is 30.2 Å². The third-order valence-electron chi connectivity index (χ3n) is 3.19. The van der Waals surface area contributed by atoms with Gasteiger partial charge in [0.15, 0.2) is 5.82 Å². The first-order chi connectivity index (χ1) is 8.58. The van der Waals surface area contributed by atoms with Crippen LogP contribution >= 0.6 is 11.6 Å². The Morgan fingerprint density at radius 2 is 2.00 bits per heavy atom. The smallest absolute Gasteiger partial charge is 0.158 e. The van der Waals surface area contributed by atoms with E-state index in [-0.39, 0.29) is 0 Å². The van der Waals surface area contributed by atoms with Crippen LogP contribution in [0.1, 0.15) is 26.1 Å². The SMILES string of the molecule is COCc1nc(Cl)cc(N2CC(C)CC(C)C2)n1. The number of aromatic nitrogens is 2. The van der Waals surface area contributed by atoms with Gasteiger partial charge in [0, 0.05) is 26.3 Å². The maximum absolute atomic E-state index is 6.04.